The molecular weight excluding hydrogens is 492 g/mol. The number of rotatable bonds is 8. The van der Waals surface area contributed by atoms with Gasteiger partial charge >= 0.3 is 0 Å². The third-order valence-corrected chi connectivity index (χ3v) is 5.82. The number of halogens is 2. The first-order valence-electron chi connectivity index (χ1n) is 12.2. The standard InChI is InChI=1S/C23H22F2N4O2.C5H9NO/c1-3-31-21-20(27-11-28-22(21)26)17-9-15(24)10-19(12(17)2)29-23(30)16-7-6-14(8-18(16)25)13-4-5-13;1-3-5(7)6-4-2/h6-11,13H,3-5H2,1-2H3,(H,29,30)(H2,26,27,28);3H,1,4H2,2H3,(H,6,7). The van der Waals surface area contributed by atoms with Crippen molar-refractivity contribution in [2.45, 2.75) is 39.5 Å². The van der Waals surface area contributed by atoms with E-state index in [2.05, 4.69) is 27.2 Å². The van der Waals surface area contributed by atoms with Gasteiger partial charge in [-0.05, 0) is 81.0 Å². The van der Waals surface area contributed by atoms with E-state index in [-0.39, 0.29) is 28.7 Å². The van der Waals surface area contributed by atoms with Gasteiger partial charge in [-0.2, -0.15) is 0 Å². The average molecular weight is 524 g/mol. The fourth-order valence-corrected chi connectivity index (χ4v) is 3.74. The van der Waals surface area contributed by atoms with Gasteiger partial charge in [-0.1, -0.05) is 12.6 Å². The molecule has 1 aliphatic rings. The first-order chi connectivity index (χ1) is 18.2. The quantitative estimate of drug-likeness (QED) is 0.352. The van der Waals surface area contributed by atoms with Gasteiger partial charge < -0.3 is 21.1 Å². The Kier molecular flexibility index (Phi) is 9.48. The van der Waals surface area contributed by atoms with Crippen LogP contribution in [0.5, 0.6) is 5.75 Å². The maximum Gasteiger partial charge on any atom is 0.258 e. The topological polar surface area (TPSA) is 119 Å². The summed E-state index contributed by atoms with van der Waals surface area (Å²) in [7, 11) is 0. The minimum absolute atomic E-state index is 0.101. The lowest BCUT2D eigenvalue weighted by atomic mass is 10.0. The molecule has 1 fully saturated rings. The van der Waals surface area contributed by atoms with E-state index < -0.39 is 17.5 Å². The van der Waals surface area contributed by atoms with E-state index in [1.54, 1.807) is 19.9 Å². The Morgan fingerprint density at radius 2 is 1.92 bits per heavy atom. The molecule has 0 spiro atoms. The molecule has 200 valence electrons. The number of hydrogen-bond donors (Lipinski definition) is 3. The van der Waals surface area contributed by atoms with Crippen LogP contribution >= 0.6 is 0 Å². The van der Waals surface area contributed by atoms with Crippen LogP contribution in [-0.2, 0) is 4.79 Å². The zero-order valence-electron chi connectivity index (χ0n) is 21.6. The number of nitrogens with two attached hydrogens (primary N) is 1. The highest BCUT2D eigenvalue weighted by atomic mass is 19.1. The molecule has 2 amide bonds. The number of aromatic nitrogens is 2. The summed E-state index contributed by atoms with van der Waals surface area (Å²) in [5.41, 5.74) is 8.12. The van der Waals surface area contributed by atoms with Crippen LogP contribution in [0.15, 0.2) is 49.3 Å². The van der Waals surface area contributed by atoms with Gasteiger partial charge in [0.1, 0.15) is 23.7 Å². The second-order valence-electron chi connectivity index (χ2n) is 8.56. The van der Waals surface area contributed by atoms with E-state index in [1.807, 2.05) is 6.92 Å². The minimum atomic E-state index is -0.660. The fourth-order valence-electron chi connectivity index (χ4n) is 3.74. The second-order valence-corrected chi connectivity index (χ2v) is 8.56. The number of nitrogen functional groups attached to an aromatic ring is 1. The van der Waals surface area contributed by atoms with Gasteiger partial charge in [0.2, 0.25) is 5.91 Å². The largest absolute Gasteiger partial charge is 0.488 e. The molecule has 0 atom stereocenters. The van der Waals surface area contributed by atoms with Crippen molar-refractivity contribution in [3.8, 4) is 17.0 Å². The van der Waals surface area contributed by atoms with Crippen LogP contribution in [0.2, 0.25) is 0 Å². The SMILES string of the molecule is C=CC(=O)NCC.CCOc1c(N)ncnc1-c1cc(F)cc(NC(=O)c2ccc(C3CC3)cc2F)c1C. The average Bonchev–Trinajstić information content (AvgIpc) is 3.73. The summed E-state index contributed by atoms with van der Waals surface area (Å²) in [5.74, 6) is -1.23. The molecule has 4 N–H and O–H groups in total. The molecule has 1 aliphatic carbocycles. The van der Waals surface area contributed by atoms with Crippen molar-refractivity contribution < 1.29 is 23.1 Å². The molecule has 1 aromatic heterocycles. The normalized spacial score (nSPS) is 12.1. The van der Waals surface area contributed by atoms with Crippen molar-refractivity contribution in [1.82, 2.24) is 15.3 Å². The number of carbonyl (C=O) groups excluding carboxylic acids is 2. The van der Waals surface area contributed by atoms with Crippen molar-refractivity contribution in [3.05, 3.63) is 77.6 Å². The van der Waals surface area contributed by atoms with Crippen molar-refractivity contribution in [2.75, 3.05) is 24.2 Å². The molecular formula is C28H31F2N5O3. The lowest BCUT2D eigenvalue weighted by Gasteiger charge is -2.16. The number of anilines is 2. The zero-order valence-corrected chi connectivity index (χ0v) is 21.6. The summed E-state index contributed by atoms with van der Waals surface area (Å²) < 4.78 is 34.5. The summed E-state index contributed by atoms with van der Waals surface area (Å²) in [6.07, 6.45) is 4.58. The van der Waals surface area contributed by atoms with Crippen molar-refractivity contribution >= 4 is 23.3 Å². The number of amides is 2. The summed E-state index contributed by atoms with van der Waals surface area (Å²) in [5, 5.41) is 5.15. The first-order valence-corrected chi connectivity index (χ1v) is 12.2. The monoisotopic (exact) mass is 523 g/mol. The van der Waals surface area contributed by atoms with Gasteiger partial charge in [0.25, 0.3) is 5.91 Å². The molecule has 0 saturated heterocycles. The van der Waals surface area contributed by atoms with Gasteiger partial charge in [-0.3, -0.25) is 9.59 Å². The molecule has 1 saturated carbocycles. The van der Waals surface area contributed by atoms with E-state index in [1.165, 1.54) is 36.7 Å². The molecule has 10 heteroatoms. The lowest BCUT2D eigenvalue weighted by molar-refractivity contribution is -0.116. The van der Waals surface area contributed by atoms with Crippen molar-refractivity contribution in [1.29, 1.82) is 0 Å². The summed E-state index contributed by atoms with van der Waals surface area (Å²) in [6.45, 7) is 9.60. The number of nitrogens with one attached hydrogen (secondary N) is 2. The predicted octanol–water partition coefficient (Wildman–Crippen LogP) is 5.15. The predicted molar refractivity (Wildman–Crippen MR) is 143 cm³/mol. The fraction of sp³-hybridized carbons (Fsp3) is 0.286. The number of nitrogens with zero attached hydrogens (tertiary/aromatic N) is 2. The van der Waals surface area contributed by atoms with Gasteiger partial charge in [0, 0.05) is 17.8 Å². The first kappa shape index (κ1) is 28.2. The molecule has 0 aliphatic heterocycles. The summed E-state index contributed by atoms with van der Waals surface area (Å²) in [4.78, 5) is 31.0. The Bertz CT molecular complexity index is 1340. The van der Waals surface area contributed by atoms with Crippen LogP contribution in [0.4, 0.5) is 20.3 Å². The molecule has 4 rings (SSSR count). The van der Waals surface area contributed by atoms with Gasteiger partial charge in [-0.25, -0.2) is 18.7 Å². The Morgan fingerprint density at radius 3 is 2.50 bits per heavy atom. The molecule has 0 radical (unpaired) electrons. The summed E-state index contributed by atoms with van der Waals surface area (Å²) >= 11 is 0. The van der Waals surface area contributed by atoms with Crippen LogP contribution in [0.25, 0.3) is 11.3 Å². The Morgan fingerprint density at radius 1 is 1.18 bits per heavy atom. The van der Waals surface area contributed by atoms with Crippen LogP contribution in [-0.4, -0.2) is 34.9 Å². The molecule has 3 aromatic rings. The van der Waals surface area contributed by atoms with Crippen LogP contribution in [0.3, 0.4) is 0 Å². The van der Waals surface area contributed by atoms with E-state index >= 15 is 0 Å². The van der Waals surface area contributed by atoms with E-state index in [9.17, 15) is 18.4 Å². The number of hydrogen-bond acceptors (Lipinski definition) is 6. The Hall–Kier alpha value is -4.34. The third kappa shape index (κ3) is 6.90. The third-order valence-electron chi connectivity index (χ3n) is 5.82. The van der Waals surface area contributed by atoms with E-state index in [0.717, 1.165) is 18.4 Å². The molecule has 2 aromatic carbocycles. The number of ether oxygens (including phenoxy) is 1. The molecule has 8 nitrogen and oxygen atoms in total. The highest BCUT2D eigenvalue weighted by molar-refractivity contribution is 6.05. The van der Waals surface area contributed by atoms with Crippen molar-refractivity contribution in [2.24, 2.45) is 0 Å². The molecule has 38 heavy (non-hydrogen) atoms. The number of carbonyl (C=O) groups is 2. The molecule has 0 unspecified atom stereocenters. The number of likely N-dealkylation sites (N-methyl/N-ethyl adjacent to an activating group) is 1. The van der Waals surface area contributed by atoms with Crippen LogP contribution in [0, 0.1) is 18.6 Å². The van der Waals surface area contributed by atoms with Gasteiger partial charge in [0.15, 0.2) is 11.6 Å². The molecule has 0 bridgehead atoms. The Balaban J connectivity index is 0.000000505. The van der Waals surface area contributed by atoms with Gasteiger partial charge in [0.05, 0.1) is 12.2 Å². The summed E-state index contributed by atoms with van der Waals surface area (Å²) in [6, 6.07) is 7.08. The lowest BCUT2D eigenvalue weighted by Crippen LogP contribution is -2.19. The van der Waals surface area contributed by atoms with Gasteiger partial charge in [-0.15, -0.1) is 0 Å². The van der Waals surface area contributed by atoms with E-state index in [0.29, 0.717) is 35.9 Å². The smallest absolute Gasteiger partial charge is 0.258 e. The zero-order chi connectivity index (χ0) is 27.8. The maximum atomic E-state index is 14.5. The number of benzene rings is 2. The maximum absolute atomic E-state index is 14.5. The second kappa shape index (κ2) is 12.8. The highest BCUT2D eigenvalue weighted by Crippen LogP contribution is 2.40. The minimum Gasteiger partial charge on any atom is -0.488 e. The highest BCUT2D eigenvalue weighted by Gasteiger charge is 2.25. The Labute approximate surface area is 220 Å². The van der Waals surface area contributed by atoms with Crippen LogP contribution < -0.4 is 21.1 Å². The van der Waals surface area contributed by atoms with E-state index in [4.69, 9.17) is 10.5 Å². The van der Waals surface area contributed by atoms with Crippen LogP contribution in [0.1, 0.15) is 54.1 Å². The van der Waals surface area contributed by atoms with Crippen molar-refractivity contribution in [3.63, 3.8) is 0 Å². The molecule has 1 heterocycles.